The summed E-state index contributed by atoms with van der Waals surface area (Å²) in [4.78, 5) is 0. The van der Waals surface area contributed by atoms with Crippen LogP contribution in [-0.4, -0.2) is 15.4 Å². The zero-order valence-electron chi connectivity index (χ0n) is 17.1. The van der Waals surface area contributed by atoms with E-state index in [1.54, 1.807) is 18.5 Å². The van der Waals surface area contributed by atoms with Crippen molar-refractivity contribution in [2.45, 2.75) is 0 Å². The van der Waals surface area contributed by atoms with Gasteiger partial charge in [0, 0.05) is 30.9 Å². The fourth-order valence-electron chi connectivity index (χ4n) is 3.55. The number of thiophene rings is 1. The molecule has 0 N–H and O–H groups in total. The van der Waals surface area contributed by atoms with Crippen LogP contribution in [0.2, 0.25) is 0 Å². The first-order chi connectivity index (χ1) is 15.9. The highest BCUT2D eigenvalue weighted by molar-refractivity contribution is 7.25. The zero-order chi connectivity index (χ0) is 21.6. The molecule has 0 unspecified atom stereocenters. The molecule has 0 saturated heterocycles. The number of aromatic nitrogens is 3. The molecule has 7 aromatic rings. The van der Waals surface area contributed by atoms with Crippen molar-refractivity contribution >= 4 is 53.4 Å². The summed E-state index contributed by atoms with van der Waals surface area (Å²) < 4.78 is 8.41. The summed E-state index contributed by atoms with van der Waals surface area (Å²) in [5.41, 5.74) is 1.92. The van der Waals surface area contributed by atoms with E-state index in [9.17, 15) is 0 Å². The van der Waals surface area contributed by atoms with Gasteiger partial charge in [0.2, 0.25) is 0 Å². The monoisotopic (exact) mass is 433 g/mol. The lowest BCUT2D eigenvalue weighted by molar-refractivity contribution is 0.669. The number of hydrogen-bond donors (Lipinski definition) is 0. The summed E-state index contributed by atoms with van der Waals surface area (Å²) in [5.74, 6) is 0. The molecule has 0 bridgehead atoms. The Morgan fingerprint density at radius 1 is 0.469 bits per heavy atom. The van der Waals surface area contributed by atoms with Gasteiger partial charge in [-0.05, 0) is 35.5 Å². The van der Waals surface area contributed by atoms with E-state index in [4.69, 9.17) is 4.42 Å². The van der Waals surface area contributed by atoms with Crippen LogP contribution in [0.1, 0.15) is 0 Å². The molecule has 3 heterocycles. The van der Waals surface area contributed by atoms with Gasteiger partial charge >= 0.3 is 0 Å². The predicted molar refractivity (Wildman–Crippen MR) is 133 cm³/mol. The standard InChI is InChI=1S/C12H8O.C12H8S.C3H3N3/c2*1-3-7-11-9(5-1)10-6-2-4-8-12(10)13-11;1-2-4-6-5-3-1/h2*1-8H;1-3H. The topological polar surface area (TPSA) is 51.8 Å². The summed E-state index contributed by atoms with van der Waals surface area (Å²) in [7, 11) is 0. The number of benzene rings is 4. The van der Waals surface area contributed by atoms with Gasteiger partial charge in [-0.3, -0.25) is 0 Å². The fraction of sp³-hybridized carbons (Fsp3) is 0. The van der Waals surface area contributed by atoms with Gasteiger partial charge in [-0.15, -0.1) is 21.5 Å². The molecule has 4 aromatic carbocycles. The Kier molecular flexibility index (Phi) is 5.81. The molecule has 0 atom stereocenters. The van der Waals surface area contributed by atoms with Crippen molar-refractivity contribution in [2.75, 3.05) is 0 Å². The highest BCUT2D eigenvalue weighted by Crippen LogP contribution is 2.33. The molecule has 0 fully saturated rings. The van der Waals surface area contributed by atoms with Gasteiger partial charge in [-0.25, -0.2) is 0 Å². The summed E-state index contributed by atoms with van der Waals surface area (Å²) in [6, 6.07) is 35.0. The van der Waals surface area contributed by atoms with Gasteiger partial charge in [0.25, 0.3) is 0 Å². The minimum atomic E-state index is 0.962. The van der Waals surface area contributed by atoms with E-state index in [2.05, 4.69) is 76.1 Å². The zero-order valence-corrected chi connectivity index (χ0v) is 17.9. The highest BCUT2D eigenvalue weighted by Gasteiger charge is 2.03. The molecule has 0 aliphatic rings. The van der Waals surface area contributed by atoms with Gasteiger partial charge in [-0.2, -0.15) is 0 Å². The third-order valence-corrected chi connectivity index (χ3v) is 6.13. The molecule has 0 amide bonds. The normalized spacial score (nSPS) is 10.5. The van der Waals surface area contributed by atoms with E-state index >= 15 is 0 Å². The predicted octanol–water partition coefficient (Wildman–Crippen LogP) is 7.51. The van der Waals surface area contributed by atoms with Crippen LogP contribution >= 0.6 is 11.3 Å². The Morgan fingerprint density at radius 2 is 0.906 bits per heavy atom. The van der Waals surface area contributed by atoms with E-state index in [1.165, 1.54) is 30.9 Å². The number of furan rings is 1. The molecule has 3 aromatic heterocycles. The second-order valence-electron chi connectivity index (χ2n) is 7.00. The Bertz CT molecular complexity index is 1360. The molecule has 0 saturated carbocycles. The van der Waals surface area contributed by atoms with Crippen LogP contribution in [0.5, 0.6) is 0 Å². The van der Waals surface area contributed by atoms with Crippen LogP contribution in [-0.2, 0) is 0 Å². The Morgan fingerprint density at radius 3 is 1.34 bits per heavy atom. The van der Waals surface area contributed by atoms with Crippen LogP contribution in [0, 0.1) is 0 Å². The molecule has 0 aliphatic carbocycles. The minimum Gasteiger partial charge on any atom is -0.456 e. The average Bonchev–Trinajstić information content (AvgIpc) is 3.44. The Balaban J connectivity index is 0.000000109. The van der Waals surface area contributed by atoms with Crippen LogP contribution in [0.3, 0.4) is 0 Å². The molecule has 5 heteroatoms. The van der Waals surface area contributed by atoms with Crippen molar-refractivity contribution in [3.05, 3.63) is 116 Å². The lowest BCUT2D eigenvalue weighted by atomic mass is 10.2. The van der Waals surface area contributed by atoms with Gasteiger partial charge in [-0.1, -0.05) is 72.8 Å². The van der Waals surface area contributed by atoms with Crippen LogP contribution < -0.4 is 0 Å². The molecule has 0 aliphatic heterocycles. The lowest BCUT2D eigenvalue weighted by Crippen LogP contribution is -1.78. The van der Waals surface area contributed by atoms with E-state index < -0.39 is 0 Å². The maximum Gasteiger partial charge on any atom is 0.135 e. The Labute approximate surface area is 188 Å². The first kappa shape index (κ1) is 19.8. The number of fused-ring (bicyclic) bond motifs is 6. The number of rotatable bonds is 0. The average molecular weight is 434 g/mol. The van der Waals surface area contributed by atoms with Crippen molar-refractivity contribution in [2.24, 2.45) is 0 Å². The summed E-state index contributed by atoms with van der Waals surface area (Å²) >= 11 is 1.86. The van der Waals surface area contributed by atoms with Crippen molar-refractivity contribution in [1.29, 1.82) is 0 Å². The highest BCUT2D eigenvalue weighted by atomic mass is 32.1. The molecular weight excluding hydrogens is 414 g/mol. The molecule has 7 rings (SSSR count). The molecule has 4 nitrogen and oxygen atoms in total. The number of nitrogens with zero attached hydrogens (tertiary/aromatic N) is 3. The van der Waals surface area contributed by atoms with E-state index in [-0.39, 0.29) is 0 Å². The maximum absolute atomic E-state index is 5.65. The van der Waals surface area contributed by atoms with E-state index in [1.807, 2.05) is 47.7 Å². The van der Waals surface area contributed by atoms with Crippen LogP contribution in [0.4, 0.5) is 0 Å². The number of para-hydroxylation sites is 2. The van der Waals surface area contributed by atoms with E-state index in [0.717, 1.165) is 11.2 Å². The van der Waals surface area contributed by atoms with Gasteiger partial charge in [0.1, 0.15) is 11.2 Å². The second kappa shape index (κ2) is 9.37. The molecule has 32 heavy (non-hydrogen) atoms. The van der Waals surface area contributed by atoms with Crippen LogP contribution in [0.25, 0.3) is 42.1 Å². The first-order valence-electron chi connectivity index (χ1n) is 10.2. The smallest absolute Gasteiger partial charge is 0.135 e. The van der Waals surface area contributed by atoms with Crippen LogP contribution in [0.15, 0.2) is 120 Å². The Hall–Kier alpha value is -4.09. The van der Waals surface area contributed by atoms with Crippen molar-refractivity contribution in [1.82, 2.24) is 15.4 Å². The SMILES string of the molecule is c1ccc2c(c1)oc1ccccc12.c1ccc2c(c1)sc1ccccc12.c1cnnnc1. The lowest BCUT2D eigenvalue weighted by Gasteiger charge is -1.88. The molecule has 154 valence electrons. The quantitative estimate of drug-likeness (QED) is 0.248. The largest absolute Gasteiger partial charge is 0.456 e. The van der Waals surface area contributed by atoms with Gasteiger partial charge < -0.3 is 4.42 Å². The van der Waals surface area contributed by atoms with Crippen molar-refractivity contribution in [3.8, 4) is 0 Å². The van der Waals surface area contributed by atoms with Gasteiger partial charge in [0.15, 0.2) is 0 Å². The summed E-state index contributed by atoms with van der Waals surface area (Å²) in [5, 5.41) is 15.3. The van der Waals surface area contributed by atoms with Crippen molar-refractivity contribution in [3.63, 3.8) is 0 Å². The molecule has 0 spiro atoms. The first-order valence-corrected chi connectivity index (χ1v) is 11.0. The third kappa shape index (κ3) is 4.19. The minimum absolute atomic E-state index is 0.962. The van der Waals surface area contributed by atoms with Crippen molar-refractivity contribution < 1.29 is 4.42 Å². The van der Waals surface area contributed by atoms with Gasteiger partial charge in [0.05, 0.1) is 12.4 Å². The fourth-order valence-corrected chi connectivity index (χ4v) is 4.66. The third-order valence-electron chi connectivity index (χ3n) is 4.98. The number of hydrogen-bond acceptors (Lipinski definition) is 5. The second-order valence-corrected chi connectivity index (χ2v) is 8.08. The molecular formula is C27H19N3OS. The summed E-state index contributed by atoms with van der Waals surface area (Å²) in [6.07, 6.45) is 3.15. The molecule has 0 radical (unpaired) electrons. The summed E-state index contributed by atoms with van der Waals surface area (Å²) in [6.45, 7) is 0. The van der Waals surface area contributed by atoms with E-state index in [0.29, 0.717) is 0 Å². The maximum atomic E-state index is 5.65.